The molecule has 0 atom stereocenters. The molecule has 1 saturated heterocycles. The molecule has 0 bridgehead atoms. The molecule has 5 nitrogen and oxygen atoms in total. The topological polar surface area (TPSA) is 61.4 Å². The third-order valence-corrected chi connectivity index (χ3v) is 4.63. The molecule has 0 unspecified atom stereocenters. The van der Waals surface area contributed by atoms with Crippen LogP contribution in [0.5, 0.6) is 0 Å². The number of unbranched alkanes of at least 4 members (excludes halogenated alkanes) is 5. The summed E-state index contributed by atoms with van der Waals surface area (Å²) in [6.07, 6.45) is 9.72. The van der Waals surface area contributed by atoms with Gasteiger partial charge in [-0.2, -0.15) is 0 Å². The van der Waals surface area contributed by atoms with Crippen LogP contribution in [0.4, 0.5) is 0 Å². The Morgan fingerprint density at radius 3 is 2.29 bits per heavy atom. The molecule has 1 aliphatic heterocycles. The van der Waals surface area contributed by atoms with Gasteiger partial charge in [-0.05, 0) is 19.3 Å². The number of nitrogens with zero attached hydrogens (tertiary/aromatic N) is 1. The van der Waals surface area contributed by atoms with Gasteiger partial charge in [0.05, 0.1) is 6.54 Å². The first-order valence-electron chi connectivity index (χ1n) is 9.83. The normalized spacial score (nSPS) is 15.8. The minimum absolute atomic E-state index is 0.0561. The quantitative estimate of drug-likeness (QED) is 0.569. The number of likely N-dealkylation sites (tertiary alicyclic amines) is 1. The van der Waals surface area contributed by atoms with Gasteiger partial charge in [0, 0.05) is 31.6 Å². The molecule has 2 amide bonds. The summed E-state index contributed by atoms with van der Waals surface area (Å²) in [5.41, 5.74) is 0. The second-order valence-electron chi connectivity index (χ2n) is 7.28. The lowest BCUT2D eigenvalue weighted by Gasteiger charge is -2.32. The lowest BCUT2D eigenvalue weighted by Crippen LogP contribution is -2.48. The van der Waals surface area contributed by atoms with E-state index in [0.29, 0.717) is 19.0 Å². The van der Waals surface area contributed by atoms with E-state index in [0.717, 1.165) is 32.4 Å². The number of piperidine rings is 1. The standard InChI is InChI=1S/C19H37N3O2/c1-4-5-6-7-8-9-10-19(24)22-13-11-17(12-14-22)21-18(23)15-20-16(2)3/h16-17,20H,4-15H2,1-3H3,(H,21,23). The van der Waals surface area contributed by atoms with Gasteiger partial charge in [0.25, 0.3) is 0 Å². The highest BCUT2D eigenvalue weighted by Crippen LogP contribution is 2.14. The number of hydrogen-bond donors (Lipinski definition) is 2. The first-order valence-corrected chi connectivity index (χ1v) is 9.83. The van der Waals surface area contributed by atoms with E-state index in [2.05, 4.69) is 17.6 Å². The van der Waals surface area contributed by atoms with E-state index in [-0.39, 0.29) is 17.9 Å². The van der Waals surface area contributed by atoms with Crippen molar-refractivity contribution in [2.75, 3.05) is 19.6 Å². The minimum atomic E-state index is 0.0561. The van der Waals surface area contributed by atoms with Crippen molar-refractivity contribution in [3.05, 3.63) is 0 Å². The monoisotopic (exact) mass is 339 g/mol. The van der Waals surface area contributed by atoms with Crippen molar-refractivity contribution >= 4 is 11.8 Å². The number of nitrogens with one attached hydrogen (secondary N) is 2. The van der Waals surface area contributed by atoms with Crippen molar-refractivity contribution in [1.82, 2.24) is 15.5 Å². The Morgan fingerprint density at radius 2 is 1.67 bits per heavy atom. The Hall–Kier alpha value is -1.10. The van der Waals surface area contributed by atoms with E-state index < -0.39 is 0 Å². The van der Waals surface area contributed by atoms with Gasteiger partial charge in [-0.1, -0.05) is 52.9 Å². The summed E-state index contributed by atoms with van der Waals surface area (Å²) in [5.74, 6) is 0.345. The van der Waals surface area contributed by atoms with Gasteiger partial charge in [-0.15, -0.1) is 0 Å². The molecule has 2 N–H and O–H groups in total. The fourth-order valence-electron chi connectivity index (χ4n) is 3.06. The summed E-state index contributed by atoms with van der Waals surface area (Å²) in [6, 6.07) is 0.529. The number of amides is 2. The van der Waals surface area contributed by atoms with E-state index >= 15 is 0 Å². The molecule has 0 aromatic carbocycles. The molecule has 0 saturated carbocycles. The van der Waals surface area contributed by atoms with Crippen LogP contribution in [0.15, 0.2) is 0 Å². The number of carbonyl (C=O) groups excluding carboxylic acids is 2. The predicted octanol–water partition coefficient (Wildman–Crippen LogP) is 2.84. The van der Waals surface area contributed by atoms with Crippen LogP contribution in [0.2, 0.25) is 0 Å². The molecule has 24 heavy (non-hydrogen) atoms. The fraction of sp³-hybridized carbons (Fsp3) is 0.895. The van der Waals surface area contributed by atoms with Crippen molar-refractivity contribution in [3.63, 3.8) is 0 Å². The number of rotatable bonds is 11. The van der Waals surface area contributed by atoms with E-state index in [4.69, 9.17) is 0 Å². The van der Waals surface area contributed by atoms with Crippen LogP contribution in [-0.4, -0.2) is 48.4 Å². The highest BCUT2D eigenvalue weighted by Gasteiger charge is 2.23. The predicted molar refractivity (Wildman–Crippen MR) is 98.9 cm³/mol. The van der Waals surface area contributed by atoms with E-state index in [1.54, 1.807) is 0 Å². The first-order chi connectivity index (χ1) is 11.5. The Kier molecular flexibility index (Phi) is 10.7. The molecule has 0 aromatic rings. The van der Waals surface area contributed by atoms with Crippen molar-refractivity contribution < 1.29 is 9.59 Å². The molecule has 1 fully saturated rings. The second-order valence-corrected chi connectivity index (χ2v) is 7.28. The molecule has 0 aromatic heterocycles. The van der Waals surface area contributed by atoms with Crippen LogP contribution < -0.4 is 10.6 Å². The summed E-state index contributed by atoms with van der Waals surface area (Å²) in [4.78, 5) is 26.0. The van der Waals surface area contributed by atoms with Crippen LogP contribution in [-0.2, 0) is 9.59 Å². The summed E-state index contributed by atoms with van der Waals surface area (Å²) in [7, 11) is 0. The van der Waals surface area contributed by atoms with Crippen LogP contribution in [0.1, 0.15) is 78.6 Å². The van der Waals surface area contributed by atoms with E-state index in [1.807, 2.05) is 18.7 Å². The minimum Gasteiger partial charge on any atom is -0.352 e. The van der Waals surface area contributed by atoms with Gasteiger partial charge in [-0.25, -0.2) is 0 Å². The molecule has 0 spiro atoms. The highest BCUT2D eigenvalue weighted by atomic mass is 16.2. The fourth-order valence-corrected chi connectivity index (χ4v) is 3.06. The molecule has 1 heterocycles. The molecule has 0 aliphatic carbocycles. The van der Waals surface area contributed by atoms with Crippen molar-refractivity contribution in [2.24, 2.45) is 0 Å². The van der Waals surface area contributed by atoms with Gasteiger partial charge < -0.3 is 15.5 Å². The van der Waals surface area contributed by atoms with Crippen LogP contribution in [0, 0.1) is 0 Å². The van der Waals surface area contributed by atoms with Crippen molar-refractivity contribution in [1.29, 1.82) is 0 Å². The summed E-state index contributed by atoms with van der Waals surface area (Å²) < 4.78 is 0. The molecule has 1 aliphatic rings. The average molecular weight is 340 g/mol. The SMILES string of the molecule is CCCCCCCCC(=O)N1CCC(NC(=O)CNC(C)C)CC1. The molecule has 5 heteroatoms. The van der Waals surface area contributed by atoms with Gasteiger partial charge in [0.2, 0.25) is 11.8 Å². The van der Waals surface area contributed by atoms with Gasteiger partial charge in [0.15, 0.2) is 0 Å². The summed E-state index contributed by atoms with van der Waals surface area (Å²) in [6.45, 7) is 8.20. The molecule has 0 radical (unpaired) electrons. The molecule has 140 valence electrons. The van der Waals surface area contributed by atoms with Crippen LogP contribution in [0.3, 0.4) is 0 Å². The van der Waals surface area contributed by atoms with E-state index in [1.165, 1.54) is 32.1 Å². The smallest absolute Gasteiger partial charge is 0.234 e. The zero-order valence-electron chi connectivity index (χ0n) is 15.9. The van der Waals surface area contributed by atoms with Crippen molar-refractivity contribution in [3.8, 4) is 0 Å². The van der Waals surface area contributed by atoms with Gasteiger partial charge in [-0.3, -0.25) is 9.59 Å². The van der Waals surface area contributed by atoms with Crippen LogP contribution >= 0.6 is 0 Å². The molecule has 1 rings (SSSR count). The maximum atomic E-state index is 12.2. The number of carbonyl (C=O) groups is 2. The van der Waals surface area contributed by atoms with Crippen LogP contribution in [0.25, 0.3) is 0 Å². The zero-order valence-corrected chi connectivity index (χ0v) is 15.9. The Bertz CT molecular complexity index is 364. The Balaban J connectivity index is 2.11. The Morgan fingerprint density at radius 1 is 1.04 bits per heavy atom. The summed E-state index contributed by atoms with van der Waals surface area (Å²) in [5, 5.41) is 6.19. The van der Waals surface area contributed by atoms with Gasteiger partial charge >= 0.3 is 0 Å². The zero-order chi connectivity index (χ0) is 17.8. The van der Waals surface area contributed by atoms with Gasteiger partial charge in [0.1, 0.15) is 0 Å². The average Bonchev–Trinajstić information content (AvgIpc) is 2.56. The summed E-state index contributed by atoms with van der Waals surface area (Å²) >= 11 is 0. The highest BCUT2D eigenvalue weighted by molar-refractivity contribution is 5.78. The lowest BCUT2D eigenvalue weighted by atomic mass is 10.0. The molecular weight excluding hydrogens is 302 g/mol. The maximum Gasteiger partial charge on any atom is 0.234 e. The largest absolute Gasteiger partial charge is 0.352 e. The lowest BCUT2D eigenvalue weighted by molar-refractivity contribution is -0.132. The Labute approximate surface area is 147 Å². The first kappa shape index (κ1) is 20.9. The van der Waals surface area contributed by atoms with E-state index in [9.17, 15) is 9.59 Å². The number of hydrogen-bond acceptors (Lipinski definition) is 3. The molecular formula is C19H37N3O2. The third-order valence-electron chi connectivity index (χ3n) is 4.63. The third kappa shape index (κ3) is 9.26. The second kappa shape index (κ2) is 12.3. The van der Waals surface area contributed by atoms with Crippen molar-refractivity contribution in [2.45, 2.75) is 90.6 Å². The maximum absolute atomic E-state index is 12.2.